The van der Waals surface area contributed by atoms with E-state index in [1.807, 2.05) is 4.90 Å². The summed E-state index contributed by atoms with van der Waals surface area (Å²) in [6.07, 6.45) is 2.06. The van der Waals surface area contributed by atoms with Crippen LogP contribution in [0.2, 0.25) is 0 Å². The SMILES string of the molecule is O=CN1CCN(C(=O)C2CCN(C(=O)c3cccc(F)c3)CC2)CC1. The van der Waals surface area contributed by atoms with E-state index < -0.39 is 5.82 Å². The number of benzene rings is 1. The standard InChI is InChI=1S/C18H22FN3O3/c19-16-3-1-2-15(12-16)18(25)21-6-4-14(5-7-21)17(24)22-10-8-20(13-23)9-11-22/h1-3,12-14H,4-11H2. The highest BCUT2D eigenvalue weighted by Crippen LogP contribution is 2.22. The average molecular weight is 347 g/mol. The molecule has 0 spiro atoms. The second kappa shape index (κ2) is 7.63. The fraction of sp³-hybridized carbons (Fsp3) is 0.500. The summed E-state index contributed by atoms with van der Waals surface area (Å²) in [6.45, 7) is 3.29. The van der Waals surface area contributed by atoms with Gasteiger partial charge in [0.15, 0.2) is 0 Å². The fourth-order valence-corrected chi connectivity index (χ4v) is 3.44. The summed E-state index contributed by atoms with van der Waals surface area (Å²) in [4.78, 5) is 40.9. The zero-order valence-corrected chi connectivity index (χ0v) is 14.1. The smallest absolute Gasteiger partial charge is 0.253 e. The van der Waals surface area contributed by atoms with E-state index in [-0.39, 0.29) is 17.7 Å². The Labute approximate surface area is 146 Å². The van der Waals surface area contributed by atoms with Crippen LogP contribution in [0, 0.1) is 11.7 Å². The van der Waals surface area contributed by atoms with E-state index in [0.717, 1.165) is 6.41 Å². The van der Waals surface area contributed by atoms with Gasteiger partial charge in [0, 0.05) is 50.7 Å². The predicted octanol–water partition coefficient (Wildman–Crippen LogP) is 0.978. The zero-order valence-electron chi connectivity index (χ0n) is 14.1. The van der Waals surface area contributed by atoms with E-state index in [1.54, 1.807) is 15.9 Å². The van der Waals surface area contributed by atoms with Crippen molar-refractivity contribution in [2.24, 2.45) is 5.92 Å². The number of amides is 3. The van der Waals surface area contributed by atoms with Crippen LogP contribution < -0.4 is 0 Å². The highest BCUT2D eigenvalue weighted by Gasteiger charge is 2.31. The van der Waals surface area contributed by atoms with Gasteiger partial charge in [-0.05, 0) is 31.0 Å². The van der Waals surface area contributed by atoms with Gasteiger partial charge in [0.1, 0.15) is 5.82 Å². The lowest BCUT2D eigenvalue weighted by atomic mass is 9.94. The molecule has 134 valence electrons. The van der Waals surface area contributed by atoms with Crippen molar-refractivity contribution in [2.75, 3.05) is 39.3 Å². The first-order valence-electron chi connectivity index (χ1n) is 8.61. The van der Waals surface area contributed by atoms with Crippen molar-refractivity contribution in [3.63, 3.8) is 0 Å². The molecule has 25 heavy (non-hydrogen) atoms. The summed E-state index contributed by atoms with van der Waals surface area (Å²) in [5.41, 5.74) is 0.342. The molecule has 0 unspecified atom stereocenters. The monoisotopic (exact) mass is 347 g/mol. The summed E-state index contributed by atoms with van der Waals surface area (Å²) in [6, 6.07) is 5.69. The molecule has 2 aliphatic rings. The quantitative estimate of drug-likeness (QED) is 0.766. The van der Waals surface area contributed by atoms with E-state index in [1.165, 1.54) is 18.2 Å². The Balaban J connectivity index is 1.52. The molecule has 2 saturated heterocycles. The average Bonchev–Trinajstić information content (AvgIpc) is 2.67. The molecular weight excluding hydrogens is 325 g/mol. The molecular formula is C18H22FN3O3. The maximum atomic E-state index is 13.3. The van der Waals surface area contributed by atoms with Gasteiger partial charge in [-0.25, -0.2) is 4.39 Å². The Morgan fingerprint density at radius 3 is 2.28 bits per heavy atom. The van der Waals surface area contributed by atoms with Crippen molar-refractivity contribution >= 4 is 18.2 Å². The second-order valence-corrected chi connectivity index (χ2v) is 6.54. The molecule has 2 aliphatic heterocycles. The molecule has 0 aromatic heterocycles. The van der Waals surface area contributed by atoms with Gasteiger partial charge < -0.3 is 14.7 Å². The number of halogens is 1. The molecule has 0 N–H and O–H groups in total. The molecule has 0 aliphatic carbocycles. The molecule has 2 fully saturated rings. The third-order valence-electron chi connectivity index (χ3n) is 4.98. The van der Waals surface area contributed by atoms with Crippen molar-refractivity contribution in [1.82, 2.24) is 14.7 Å². The molecule has 7 heteroatoms. The Morgan fingerprint density at radius 1 is 1.00 bits per heavy atom. The molecule has 1 aromatic carbocycles. The number of hydrogen-bond acceptors (Lipinski definition) is 3. The van der Waals surface area contributed by atoms with Gasteiger partial charge in [-0.1, -0.05) is 6.07 Å². The van der Waals surface area contributed by atoms with E-state index >= 15 is 0 Å². The summed E-state index contributed by atoms with van der Waals surface area (Å²) in [7, 11) is 0. The molecule has 6 nitrogen and oxygen atoms in total. The topological polar surface area (TPSA) is 60.9 Å². The van der Waals surface area contributed by atoms with Crippen LogP contribution in [0.3, 0.4) is 0 Å². The zero-order chi connectivity index (χ0) is 17.8. The summed E-state index contributed by atoms with van der Waals surface area (Å²) in [5.74, 6) is -0.585. The molecule has 0 bridgehead atoms. The van der Waals surface area contributed by atoms with Crippen molar-refractivity contribution in [3.05, 3.63) is 35.6 Å². The van der Waals surface area contributed by atoms with Gasteiger partial charge in [-0.15, -0.1) is 0 Å². The third-order valence-corrected chi connectivity index (χ3v) is 4.98. The lowest BCUT2D eigenvalue weighted by Crippen LogP contribution is -2.51. The number of piperazine rings is 1. The lowest BCUT2D eigenvalue weighted by molar-refractivity contribution is -0.140. The van der Waals surface area contributed by atoms with Gasteiger partial charge in [-0.3, -0.25) is 14.4 Å². The number of likely N-dealkylation sites (tertiary alicyclic amines) is 1. The van der Waals surface area contributed by atoms with Crippen LogP contribution in [0.1, 0.15) is 23.2 Å². The second-order valence-electron chi connectivity index (χ2n) is 6.54. The number of piperidine rings is 1. The first kappa shape index (κ1) is 17.4. The van der Waals surface area contributed by atoms with Crippen LogP contribution in [0.25, 0.3) is 0 Å². The number of rotatable bonds is 3. The molecule has 0 saturated carbocycles. The number of nitrogens with zero attached hydrogens (tertiary/aromatic N) is 3. The Morgan fingerprint density at radius 2 is 1.68 bits per heavy atom. The van der Waals surface area contributed by atoms with E-state index in [4.69, 9.17) is 0 Å². The number of carbonyl (C=O) groups is 3. The van der Waals surface area contributed by atoms with Gasteiger partial charge in [0.25, 0.3) is 5.91 Å². The van der Waals surface area contributed by atoms with Gasteiger partial charge in [-0.2, -0.15) is 0 Å². The van der Waals surface area contributed by atoms with Gasteiger partial charge in [0.2, 0.25) is 12.3 Å². The van der Waals surface area contributed by atoms with E-state index in [0.29, 0.717) is 57.7 Å². The van der Waals surface area contributed by atoms with Crippen LogP contribution >= 0.6 is 0 Å². The predicted molar refractivity (Wildman–Crippen MR) is 89.2 cm³/mol. The third kappa shape index (κ3) is 3.97. The largest absolute Gasteiger partial charge is 0.342 e. The van der Waals surface area contributed by atoms with Gasteiger partial charge in [0.05, 0.1) is 0 Å². The fourth-order valence-electron chi connectivity index (χ4n) is 3.44. The maximum Gasteiger partial charge on any atom is 0.253 e. The molecule has 3 rings (SSSR count). The molecule has 2 heterocycles. The molecule has 0 radical (unpaired) electrons. The van der Waals surface area contributed by atoms with Crippen molar-refractivity contribution in [3.8, 4) is 0 Å². The highest BCUT2D eigenvalue weighted by atomic mass is 19.1. The first-order chi connectivity index (χ1) is 12.1. The summed E-state index contributed by atoms with van der Waals surface area (Å²) in [5, 5.41) is 0. The van der Waals surface area contributed by atoms with Crippen LogP contribution in [-0.2, 0) is 9.59 Å². The molecule has 0 atom stereocenters. The minimum atomic E-state index is -0.426. The van der Waals surface area contributed by atoms with Crippen molar-refractivity contribution in [1.29, 1.82) is 0 Å². The number of carbonyl (C=O) groups excluding carboxylic acids is 3. The summed E-state index contributed by atoms with van der Waals surface area (Å²) < 4.78 is 13.3. The van der Waals surface area contributed by atoms with Crippen LogP contribution in [0.15, 0.2) is 24.3 Å². The molecule has 1 aromatic rings. The lowest BCUT2D eigenvalue weighted by Gasteiger charge is -2.37. The highest BCUT2D eigenvalue weighted by molar-refractivity contribution is 5.94. The van der Waals surface area contributed by atoms with Crippen molar-refractivity contribution < 1.29 is 18.8 Å². The van der Waals surface area contributed by atoms with E-state index in [2.05, 4.69) is 0 Å². The van der Waals surface area contributed by atoms with Gasteiger partial charge >= 0.3 is 0 Å². The number of hydrogen-bond donors (Lipinski definition) is 0. The minimum absolute atomic E-state index is 0.0839. The van der Waals surface area contributed by atoms with Crippen LogP contribution in [0.4, 0.5) is 4.39 Å². The Bertz CT molecular complexity index is 651. The Kier molecular flexibility index (Phi) is 5.31. The van der Waals surface area contributed by atoms with Crippen LogP contribution in [0.5, 0.6) is 0 Å². The maximum absolute atomic E-state index is 13.3. The Hall–Kier alpha value is -2.44. The summed E-state index contributed by atoms with van der Waals surface area (Å²) >= 11 is 0. The van der Waals surface area contributed by atoms with Crippen LogP contribution in [-0.4, -0.2) is 72.2 Å². The molecule has 3 amide bonds. The van der Waals surface area contributed by atoms with E-state index in [9.17, 15) is 18.8 Å². The minimum Gasteiger partial charge on any atom is -0.342 e. The first-order valence-corrected chi connectivity index (χ1v) is 8.61. The normalized spacial score (nSPS) is 19.0. The van der Waals surface area contributed by atoms with Crippen molar-refractivity contribution in [2.45, 2.75) is 12.8 Å².